The predicted molar refractivity (Wildman–Crippen MR) is 79.1 cm³/mol. The number of aryl methyl sites for hydroxylation is 1. The van der Waals surface area contributed by atoms with Crippen LogP contribution in [0.2, 0.25) is 0 Å². The maximum atomic E-state index is 10.6. The third-order valence-corrected chi connectivity index (χ3v) is 4.00. The van der Waals surface area contributed by atoms with Crippen LogP contribution in [0.4, 0.5) is 0 Å². The summed E-state index contributed by atoms with van der Waals surface area (Å²) < 4.78 is 1.67. The SMILES string of the molecule is Cc1ccc(Cn2nnc3c(SCC(=O)[O-])ncnc32)cc1. The second-order valence-corrected chi connectivity index (χ2v) is 5.71. The minimum absolute atomic E-state index is 0.184. The smallest absolute Gasteiger partial charge is 0.183 e. The van der Waals surface area contributed by atoms with Crippen LogP contribution < -0.4 is 5.11 Å². The fourth-order valence-electron chi connectivity index (χ4n) is 1.98. The van der Waals surface area contributed by atoms with Crippen molar-refractivity contribution in [3.63, 3.8) is 0 Å². The topological polar surface area (TPSA) is 96.6 Å². The maximum Gasteiger partial charge on any atom is 0.183 e. The summed E-state index contributed by atoms with van der Waals surface area (Å²) >= 11 is 1.05. The molecule has 0 amide bonds. The van der Waals surface area contributed by atoms with E-state index in [9.17, 15) is 9.90 Å². The number of nitrogens with zero attached hydrogens (tertiary/aromatic N) is 5. The Balaban J connectivity index is 1.90. The lowest BCUT2D eigenvalue weighted by Gasteiger charge is -2.04. The number of hydrogen-bond acceptors (Lipinski definition) is 7. The van der Waals surface area contributed by atoms with Gasteiger partial charge in [-0.1, -0.05) is 46.8 Å². The summed E-state index contributed by atoms with van der Waals surface area (Å²) in [6, 6.07) is 8.11. The summed E-state index contributed by atoms with van der Waals surface area (Å²) in [5.74, 6) is -1.33. The van der Waals surface area contributed by atoms with E-state index in [2.05, 4.69) is 20.3 Å². The predicted octanol–water partition coefficient (Wildman–Crippen LogP) is 0.420. The Hall–Kier alpha value is -2.48. The first-order valence-corrected chi connectivity index (χ1v) is 7.54. The minimum atomic E-state index is -1.15. The highest BCUT2D eigenvalue weighted by Gasteiger charge is 2.12. The molecule has 7 nitrogen and oxygen atoms in total. The maximum absolute atomic E-state index is 10.6. The van der Waals surface area contributed by atoms with Crippen LogP contribution in [0, 0.1) is 6.92 Å². The van der Waals surface area contributed by atoms with Crippen LogP contribution in [0.1, 0.15) is 11.1 Å². The second kappa shape index (κ2) is 6.10. The Morgan fingerprint density at radius 3 is 2.77 bits per heavy atom. The van der Waals surface area contributed by atoms with Gasteiger partial charge in [0.15, 0.2) is 11.2 Å². The molecule has 3 rings (SSSR count). The Morgan fingerprint density at radius 1 is 1.27 bits per heavy atom. The number of benzene rings is 1. The van der Waals surface area contributed by atoms with Gasteiger partial charge in [0.1, 0.15) is 11.4 Å². The van der Waals surface area contributed by atoms with Gasteiger partial charge in [-0.25, -0.2) is 14.6 Å². The monoisotopic (exact) mass is 314 g/mol. The summed E-state index contributed by atoms with van der Waals surface area (Å²) in [7, 11) is 0. The van der Waals surface area contributed by atoms with Crippen molar-refractivity contribution in [1.82, 2.24) is 25.0 Å². The average Bonchev–Trinajstić information content (AvgIpc) is 2.91. The average molecular weight is 314 g/mol. The molecule has 0 spiro atoms. The molecule has 0 atom stereocenters. The van der Waals surface area contributed by atoms with E-state index in [1.807, 2.05) is 31.2 Å². The van der Waals surface area contributed by atoms with Gasteiger partial charge in [0.2, 0.25) is 0 Å². The van der Waals surface area contributed by atoms with Crippen molar-refractivity contribution < 1.29 is 9.90 Å². The Bertz CT molecular complexity index is 816. The third kappa shape index (κ3) is 3.06. The number of carboxylic acids is 1. The van der Waals surface area contributed by atoms with E-state index in [1.54, 1.807) is 4.68 Å². The van der Waals surface area contributed by atoms with E-state index < -0.39 is 5.97 Å². The zero-order chi connectivity index (χ0) is 15.5. The highest BCUT2D eigenvalue weighted by atomic mass is 32.2. The minimum Gasteiger partial charge on any atom is -0.549 e. The van der Waals surface area contributed by atoms with Crippen molar-refractivity contribution in [3.8, 4) is 0 Å². The number of thioether (sulfide) groups is 1. The number of aliphatic carboxylic acids is 1. The van der Waals surface area contributed by atoms with Crippen molar-refractivity contribution in [2.45, 2.75) is 18.5 Å². The largest absolute Gasteiger partial charge is 0.549 e. The van der Waals surface area contributed by atoms with Crippen LogP contribution in [0.3, 0.4) is 0 Å². The van der Waals surface area contributed by atoms with Crippen molar-refractivity contribution in [1.29, 1.82) is 0 Å². The van der Waals surface area contributed by atoms with Crippen LogP contribution in [-0.4, -0.2) is 36.7 Å². The third-order valence-electron chi connectivity index (χ3n) is 3.05. The van der Waals surface area contributed by atoms with Crippen molar-refractivity contribution >= 4 is 28.9 Å². The molecule has 2 heterocycles. The molecule has 0 aliphatic carbocycles. The molecule has 0 saturated carbocycles. The van der Waals surface area contributed by atoms with E-state index in [0.29, 0.717) is 22.7 Å². The van der Waals surface area contributed by atoms with Crippen molar-refractivity contribution in [2.24, 2.45) is 0 Å². The van der Waals surface area contributed by atoms with E-state index in [0.717, 1.165) is 17.3 Å². The van der Waals surface area contributed by atoms with Gasteiger partial charge in [0.05, 0.1) is 12.5 Å². The van der Waals surface area contributed by atoms with E-state index in [-0.39, 0.29) is 5.75 Å². The molecular formula is C14H12N5O2S-. The lowest BCUT2D eigenvalue weighted by atomic mass is 10.1. The van der Waals surface area contributed by atoms with Gasteiger partial charge in [-0.2, -0.15) is 0 Å². The molecule has 0 saturated heterocycles. The van der Waals surface area contributed by atoms with Crippen LogP contribution in [0.5, 0.6) is 0 Å². The van der Waals surface area contributed by atoms with Crippen LogP contribution in [0.15, 0.2) is 35.6 Å². The van der Waals surface area contributed by atoms with Crippen LogP contribution in [-0.2, 0) is 11.3 Å². The van der Waals surface area contributed by atoms with Gasteiger partial charge in [-0.3, -0.25) is 0 Å². The molecule has 0 fully saturated rings. The Morgan fingerprint density at radius 2 is 2.05 bits per heavy atom. The lowest BCUT2D eigenvalue weighted by Crippen LogP contribution is -2.24. The quantitative estimate of drug-likeness (QED) is 0.497. The highest BCUT2D eigenvalue weighted by Crippen LogP contribution is 2.22. The molecular weight excluding hydrogens is 302 g/mol. The fourth-order valence-corrected chi connectivity index (χ4v) is 2.62. The van der Waals surface area contributed by atoms with Crippen molar-refractivity contribution in [2.75, 3.05) is 5.75 Å². The molecule has 8 heteroatoms. The highest BCUT2D eigenvalue weighted by molar-refractivity contribution is 8.00. The lowest BCUT2D eigenvalue weighted by molar-refractivity contribution is -0.301. The summed E-state index contributed by atoms with van der Waals surface area (Å²) in [5, 5.41) is 19.2. The summed E-state index contributed by atoms with van der Waals surface area (Å²) in [5.41, 5.74) is 3.35. The molecule has 112 valence electrons. The first kappa shape index (κ1) is 14.5. The van der Waals surface area contributed by atoms with Gasteiger partial charge in [0.25, 0.3) is 0 Å². The molecule has 0 bridgehead atoms. The summed E-state index contributed by atoms with van der Waals surface area (Å²) in [6.45, 7) is 2.57. The molecule has 0 radical (unpaired) electrons. The molecule has 0 N–H and O–H groups in total. The number of carboxylic acid groups (broad SMARTS) is 1. The number of rotatable bonds is 5. The van der Waals surface area contributed by atoms with Crippen molar-refractivity contribution in [3.05, 3.63) is 41.7 Å². The normalized spacial score (nSPS) is 11.0. The van der Waals surface area contributed by atoms with Gasteiger partial charge in [-0.05, 0) is 12.5 Å². The van der Waals surface area contributed by atoms with Gasteiger partial charge < -0.3 is 9.90 Å². The number of carbonyl (C=O) groups excluding carboxylic acids is 1. The molecule has 0 unspecified atom stereocenters. The molecule has 22 heavy (non-hydrogen) atoms. The number of fused-ring (bicyclic) bond motifs is 1. The molecule has 1 aromatic carbocycles. The van der Waals surface area contributed by atoms with Gasteiger partial charge >= 0.3 is 0 Å². The Kier molecular flexibility index (Phi) is 4.01. The summed E-state index contributed by atoms with van der Waals surface area (Å²) in [6.07, 6.45) is 1.38. The molecule has 2 aromatic heterocycles. The molecule has 3 aromatic rings. The summed E-state index contributed by atoms with van der Waals surface area (Å²) in [4.78, 5) is 18.8. The van der Waals surface area contributed by atoms with E-state index >= 15 is 0 Å². The van der Waals surface area contributed by atoms with E-state index in [1.165, 1.54) is 11.9 Å². The molecule has 0 aliphatic heterocycles. The zero-order valence-corrected chi connectivity index (χ0v) is 12.6. The van der Waals surface area contributed by atoms with Gasteiger partial charge in [0, 0.05) is 5.75 Å². The first-order valence-electron chi connectivity index (χ1n) is 6.56. The van der Waals surface area contributed by atoms with Gasteiger partial charge in [-0.15, -0.1) is 5.10 Å². The first-order chi connectivity index (χ1) is 10.6. The molecule has 0 aliphatic rings. The number of hydrogen-bond donors (Lipinski definition) is 0. The van der Waals surface area contributed by atoms with E-state index in [4.69, 9.17) is 0 Å². The standard InChI is InChI=1S/C14H13N5O2S/c1-9-2-4-10(5-3-9)6-19-13-12(17-18-19)14(16-8-15-13)22-7-11(20)21/h2-5,8H,6-7H2,1H3,(H,20,21)/p-1. The fraction of sp³-hybridized carbons (Fsp3) is 0.214. The van der Waals surface area contributed by atoms with Crippen LogP contribution >= 0.6 is 11.8 Å². The Labute approximate surface area is 130 Å². The number of carbonyl (C=O) groups is 1. The zero-order valence-electron chi connectivity index (χ0n) is 11.8. The van der Waals surface area contributed by atoms with Crippen LogP contribution in [0.25, 0.3) is 11.2 Å². The number of aromatic nitrogens is 5. The second-order valence-electron chi connectivity index (χ2n) is 4.74.